The van der Waals surface area contributed by atoms with Crippen molar-refractivity contribution in [2.24, 2.45) is 11.1 Å². The Hall–Kier alpha value is -3.34. The van der Waals surface area contributed by atoms with Crippen LogP contribution in [0.4, 0.5) is 9.59 Å². The van der Waals surface area contributed by atoms with E-state index in [-0.39, 0.29) is 17.9 Å². The van der Waals surface area contributed by atoms with Crippen LogP contribution in [0.3, 0.4) is 0 Å². The Morgan fingerprint density at radius 1 is 0.756 bits per heavy atom. The van der Waals surface area contributed by atoms with Crippen molar-refractivity contribution in [1.82, 2.24) is 0 Å². The summed E-state index contributed by atoms with van der Waals surface area (Å²) in [6, 6.07) is 3.28. The number of esters is 2. The molecule has 0 amide bonds. The molecule has 0 aliphatic rings. The largest absolute Gasteiger partial charge is 0.514 e. The lowest BCUT2D eigenvalue weighted by atomic mass is 9.97. The quantitative estimate of drug-likeness (QED) is 0.179. The lowest BCUT2D eigenvalue weighted by Crippen LogP contribution is -2.40. The van der Waals surface area contributed by atoms with Gasteiger partial charge in [0.25, 0.3) is 0 Å². The van der Waals surface area contributed by atoms with Crippen LogP contribution in [0.25, 0.3) is 0 Å². The van der Waals surface area contributed by atoms with Crippen LogP contribution >= 0.6 is 0 Å². The summed E-state index contributed by atoms with van der Waals surface area (Å²) in [6.07, 6.45) is -2.33. The Kier molecular flexibility index (Phi) is 12.6. The molecule has 0 saturated carbocycles. The van der Waals surface area contributed by atoms with E-state index in [1.807, 2.05) is 13.8 Å². The fourth-order valence-corrected chi connectivity index (χ4v) is 2.81. The normalized spacial score (nSPS) is 14.2. The summed E-state index contributed by atoms with van der Waals surface area (Å²) in [4.78, 5) is 49.8. The van der Waals surface area contributed by atoms with Gasteiger partial charge in [-0.25, -0.2) is 9.59 Å². The highest BCUT2D eigenvalue weighted by Crippen LogP contribution is 2.31. The van der Waals surface area contributed by atoms with E-state index in [9.17, 15) is 19.2 Å². The van der Waals surface area contributed by atoms with Gasteiger partial charge in [0.05, 0.1) is 5.41 Å². The van der Waals surface area contributed by atoms with Gasteiger partial charge < -0.3 is 34.2 Å². The SMILES string of the molecule is CCC(C)(C)OC(=O)Oc1ccc(C[C@H](N)C(=O)O[C@@H](C)[C@H](C)OC(=O)C(C)(C)C)cc1OC(=O)OC(C)(C)CC. The standard InChI is InChI=1S/C30H47NO10/c1-12-29(8,9)40-26(34)38-22-15-14-20(17-23(22)39-27(35)41-30(10,11)13-2)16-21(31)24(32)36-18(3)19(4)37-25(33)28(5,6)7/h14-15,17-19,21H,12-13,16,31H2,1-11H3/t18-,19-,21-/m0/s1. The van der Waals surface area contributed by atoms with E-state index in [0.29, 0.717) is 18.4 Å². The van der Waals surface area contributed by atoms with Crippen molar-refractivity contribution in [2.75, 3.05) is 0 Å². The van der Waals surface area contributed by atoms with E-state index < -0.39 is 59.1 Å². The fourth-order valence-electron chi connectivity index (χ4n) is 2.81. The topological polar surface area (TPSA) is 150 Å². The molecule has 0 fully saturated rings. The van der Waals surface area contributed by atoms with Gasteiger partial charge in [-0.2, -0.15) is 0 Å². The summed E-state index contributed by atoms with van der Waals surface area (Å²) in [5.74, 6) is -1.35. The van der Waals surface area contributed by atoms with E-state index in [4.69, 9.17) is 34.2 Å². The number of hydrogen-bond donors (Lipinski definition) is 1. The molecule has 3 atom stereocenters. The number of hydrogen-bond acceptors (Lipinski definition) is 11. The van der Waals surface area contributed by atoms with E-state index in [1.165, 1.54) is 12.1 Å². The third kappa shape index (κ3) is 12.4. The van der Waals surface area contributed by atoms with Crippen LogP contribution in [0, 0.1) is 5.41 Å². The number of nitrogens with two attached hydrogens (primary N) is 1. The highest BCUT2D eigenvalue weighted by atomic mass is 16.8. The van der Waals surface area contributed by atoms with E-state index in [0.717, 1.165) is 0 Å². The molecule has 0 heterocycles. The first kappa shape index (κ1) is 35.7. The molecule has 1 aromatic rings. The second kappa shape index (κ2) is 14.5. The third-order valence-corrected chi connectivity index (χ3v) is 6.44. The van der Waals surface area contributed by atoms with Crippen LogP contribution in [0.5, 0.6) is 11.5 Å². The molecule has 0 saturated heterocycles. The average molecular weight is 582 g/mol. The molecule has 1 rings (SSSR count). The van der Waals surface area contributed by atoms with Crippen LogP contribution in [-0.2, 0) is 35.0 Å². The lowest BCUT2D eigenvalue weighted by Gasteiger charge is -2.25. The molecule has 0 aromatic heterocycles. The van der Waals surface area contributed by atoms with Gasteiger partial charge in [-0.15, -0.1) is 0 Å². The summed E-state index contributed by atoms with van der Waals surface area (Å²) in [7, 11) is 0. The first-order valence-corrected chi connectivity index (χ1v) is 13.8. The number of benzene rings is 1. The molecular weight excluding hydrogens is 534 g/mol. The summed E-state index contributed by atoms with van der Waals surface area (Å²) < 4.78 is 32.2. The minimum absolute atomic E-state index is 0.00116. The van der Waals surface area contributed by atoms with Crippen molar-refractivity contribution in [3.05, 3.63) is 23.8 Å². The second-order valence-corrected chi connectivity index (χ2v) is 12.2. The Bertz CT molecular complexity index is 1070. The van der Waals surface area contributed by atoms with Crippen LogP contribution < -0.4 is 15.2 Å². The number of carbonyl (C=O) groups is 4. The predicted octanol–water partition coefficient (Wildman–Crippen LogP) is 5.87. The van der Waals surface area contributed by atoms with Gasteiger partial charge in [-0.05, 0) is 99.3 Å². The summed E-state index contributed by atoms with van der Waals surface area (Å²) >= 11 is 0. The van der Waals surface area contributed by atoms with Crippen molar-refractivity contribution in [1.29, 1.82) is 0 Å². The van der Waals surface area contributed by atoms with Crippen LogP contribution in [0.1, 0.15) is 94.6 Å². The van der Waals surface area contributed by atoms with Gasteiger partial charge in [-0.3, -0.25) is 9.59 Å². The van der Waals surface area contributed by atoms with Gasteiger partial charge >= 0.3 is 24.2 Å². The summed E-state index contributed by atoms with van der Waals surface area (Å²) in [6.45, 7) is 19.0. The second-order valence-electron chi connectivity index (χ2n) is 12.2. The molecular formula is C30H47NO10. The zero-order valence-corrected chi connectivity index (χ0v) is 26.2. The van der Waals surface area contributed by atoms with Gasteiger partial charge in [-0.1, -0.05) is 19.9 Å². The molecule has 0 unspecified atom stereocenters. The maximum atomic E-state index is 12.7. The first-order valence-electron chi connectivity index (χ1n) is 13.8. The molecule has 232 valence electrons. The van der Waals surface area contributed by atoms with E-state index >= 15 is 0 Å². The summed E-state index contributed by atoms with van der Waals surface area (Å²) in [5, 5.41) is 0. The van der Waals surface area contributed by atoms with Gasteiger partial charge in [0.2, 0.25) is 0 Å². The van der Waals surface area contributed by atoms with Crippen molar-refractivity contribution in [3.8, 4) is 11.5 Å². The molecule has 0 bridgehead atoms. The van der Waals surface area contributed by atoms with Crippen molar-refractivity contribution >= 4 is 24.2 Å². The molecule has 41 heavy (non-hydrogen) atoms. The maximum absolute atomic E-state index is 12.7. The molecule has 0 spiro atoms. The Balaban J connectivity index is 3.07. The van der Waals surface area contributed by atoms with Crippen LogP contribution in [0.2, 0.25) is 0 Å². The molecule has 0 aliphatic heterocycles. The zero-order chi connectivity index (χ0) is 31.8. The molecule has 1 aromatic carbocycles. The molecule has 11 nitrogen and oxygen atoms in total. The zero-order valence-electron chi connectivity index (χ0n) is 26.2. The number of rotatable bonds is 12. The monoisotopic (exact) mass is 581 g/mol. The van der Waals surface area contributed by atoms with E-state index in [1.54, 1.807) is 68.4 Å². The van der Waals surface area contributed by atoms with E-state index in [2.05, 4.69) is 0 Å². The Labute approximate surface area is 243 Å². The average Bonchev–Trinajstić information content (AvgIpc) is 2.84. The van der Waals surface area contributed by atoms with Crippen LogP contribution in [0.15, 0.2) is 18.2 Å². The van der Waals surface area contributed by atoms with Crippen LogP contribution in [-0.4, -0.2) is 53.7 Å². The highest BCUT2D eigenvalue weighted by molar-refractivity contribution is 5.77. The van der Waals surface area contributed by atoms with Crippen molar-refractivity contribution < 1.29 is 47.6 Å². The lowest BCUT2D eigenvalue weighted by molar-refractivity contribution is -0.171. The number of carbonyl (C=O) groups excluding carboxylic acids is 4. The minimum atomic E-state index is -1.09. The van der Waals surface area contributed by atoms with Crippen molar-refractivity contribution in [2.45, 2.75) is 125 Å². The third-order valence-electron chi connectivity index (χ3n) is 6.44. The Morgan fingerprint density at radius 3 is 1.68 bits per heavy atom. The van der Waals surface area contributed by atoms with Gasteiger partial charge in [0, 0.05) is 0 Å². The molecule has 0 radical (unpaired) electrons. The fraction of sp³-hybridized carbons (Fsp3) is 0.667. The smallest absolute Gasteiger partial charge is 0.458 e. The first-order chi connectivity index (χ1) is 18.7. The predicted molar refractivity (Wildman–Crippen MR) is 152 cm³/mol. The summed E-state index contributed by atoms with van der Waals surface area (Å²) in [5.41, 5.74) is 4.33. The van der Waals surface area contributed by atoms with Crippen molar-refractivity contribution in [3.63, 3.8) is 0 Å². The Morgan fingerprint density at radius 2 is 1.22 bits per heavy atom. The number of ether oxygens (including phenoxy) is 6. The molecule has 2 N–H and O–H groups in total. The minimum Gasteiger partial charge on any atom is -0.458 e. The van der Waals surface area contributed by atoms with Gasteiger partial charge in [0.1, 0.15) is 29.5 Å². The van der Waals surface area contributed by atoms with Gasteiger partial charge in [0.15, 0.2) is 11.5 Å². The molecule has 0 aliphatic carbocycles. The molecule has 11 heteroatoms. The maximum Gasteiger partial charge on any atom is 0.514 e. The highest BCUT2D eigenvalue weighted by Gasteiger charge is 2.30.